The van der Waals surface area contributed by atoms with E-state index in [1.165, 1.54) is 11.1 Å². The zero-order chi connectivity index (χ0) is 20.8. The lowest BCUT2D eigenvalue weighted by atomic mass is 9.94. The number of carbonyl (C=O) groups is 1. The molecular weight excluding hydrogens is 446 g/mol. The van der Waals surface area contributed by atoms with Crippen LogP contribution in [0.4, 0.5) is 0 Å². The van der Waals surface area contributed by atoms with Gasteiger partial charge < -0.3 is 10.0 Å². The molecule has 8 heteroatoms. The topological polar surface area (TPSA) is 74.0 Å². The Balaban J connectivity index is 1.29. The standard InChI is InChI=1S/C22H24BrN5O2/c1-14-17(23)10-24-22-25-18(12-28(14)22)21(30)27-9-7-19(20(29)13-27)26-8-6-15-4-2-3-5-16(15)11-26/h2-5,10,12,19-20,29H,6-9,11,13H2,1H3/t19-,20-/m0/s1. The molecule has 2 aromatic heterocycles. The van der Waals surface area contributed by atoms with Gasteiger partial charge in [-0.2, -0.15) is 0 Å². The van der Waals surface area contributed by atoms with E-state index < -0.39 is 6.10 Å². The first kappa shape index (κ1) is 19.7. The largest absolute Gasteiger partial charge is 0.390 e. The number of aliphatic hydroxyl groups is 1. The van der Waals surface area contributed by atoms with Crippen LogP contribution >= 0.6 is 15.9 Å². The molecule has 2 aliphatic rings. The first-order valence-electron chi connectivity index (χ1n) is 10.3. The lowest BCUT2D eigenvalue weighted by Crippen LogP contribution is -2.56. The molecular formula is C22H24BrN5O2. The molecule has 30 heavy (non-hydrogen) atoms. The second-order valence-electron chi connectivity index (χ2n) is 8.15. The molecule has 7 nitrogen and oxygen atoms in total. The quantitative estimate of drug-likeness (QED) is 0.623. The van der Waals surface area contributed by atoms with E-state index in [2.05, 4.69) is 55.1 Å². The van der Waals surface area contributed by atoms with Crippen LogP contribution in [0.5, 0.6) is 0 Å². The summed E-state index contributed by atoms with van der Waals surface area (Å²) in [5, 5.41) is 10.9. The van der Waals surface area contributed by atoms with E-state index in [0.717, 1.165) is 36.1 Å². The first-order valence-corrected chi connectivity index (χ1v) is 11.1. The Kier molecular flexibility index (Phi) is 5.08. The molecule has 1 saturated heterocycles. The Hall–Kier alpha value is -2.29. The number of hydrogen-bond acceptors (Lipinski definition) is 5. The van der Waals surface area contributed by atoms with Crippen molar-refractivity contribution in [1.82, 2.24) is 24.2 Å². The van der Waals surface area contributed by atoms with Gasteiger partial charge in [0.15, 0.2) is 0 Å². The summed E-state index contributed by atoms with van der Waals surface area (Å²) in [5.41, 5.74) is 4.04. The minimum atomic E-state index is -0.570. The van der Waals surface area contributed by atoms with Gasteiger partial charge in [0.05, 0.1) is 10.6 Å². The van der Waals surface area contributed by atoms with Crippen LogP contribution in [-0.2, 0) is 13.0 Å². The van der Waals surface area contributed by atoms with Gasteiger partial charge in [-0.3, -0.25) is 14.1 Å². The Bertz CT molecular complexity index is 1110. The fraction of sp³-hybridized carbons (Fsp3) is 0.409. The smallest absolute Gasteiger partial charge is 0.274 e. The summed E-state index contributed by atoms with van der Waals surface area (Å²) in [5.74, 6) is 0.346. The SMILES string of the molecule is Cc1c(Br)cnc2nc(C(=O)N3CC[C@H](N4CCc5ccccc5C4)[C@@H](O)C3)cn12. The lowest BCUT2D eigenvalue weighted by molar-refractivity contribution is -0.0139. The zero-order valence-electron chi connectivity index (χ0n) is 16.8. The number of nitrogens with zero attached hydrogens (tertiary/aromatic N) is 5. The molecule has 2 aliphatic heterocycles. The van der Waals surface area contributed by atoms with Gasteiger partial charge in [-0.05, 0) is 46.8 Å². The molecule has 1 aromatic carbocycles. The van der Waals surface area contributed by atoms with Crippen LogP contribution in [0.2, 0.25) is 0 Å². The molecule has 156 valence electrons. The van der Waals surface area contributed by atoms with Crippen molar-refractivity contribution in [2.75, 3.05) is 19.6 Å². The van der Waals surface area contributed by atoms with Gasteiger partial charge in [-0.1, -0.05) is 24.3 Å². The van der Waals surface area contributed by atoms with Gasteiger partial charge in [-0.25, -0.2) is 9.97 Å². The molecule has 1 N–H and O–H groups in total. The molecule has 5 rings (SSSR count). The number of β-amino-alcohol motifs (C(OH)–C–C–N with tert-alkyl or cyclic N) is 1. The first-order chi connectivity index (χ1) is 14.5. The van der Waals surface area contributed by atoms with Crippen LogP contribution in [0.3, 0.4) is 0 Å². The number of aromatic nitrogens is 3. The average molecular weight is 470 g/mol. The maximum absolute atomic E-state index is 13.0. The van der Waals surface area contributed by atoms with Crippen molar-refractivity contribution in [3.05, 3.63) is 63.6 Å². The number of benzene rings is 1. The number of fused-ring (bicyclic) bond motifs is 2. The number of aliphatic hydroxyl groups excluding tert-OH is 1. The van der Waals surface area contributed by atoms with E-state index in [1.54, 1.807) is 17.3 Å². The van der Waals surface area contributed by atoms with E-state index in [4.69, 9.17) is 0 Å². The zero-order valence-corrected chi connectivity index (χ0v) is 18.4. The predicted molar refractivity (Wildman–Crippen MR) is 116 cm³/mol. The van der Waals surface area contributed by atoms with Crippen molar-refractivity contribution in [3.8, 4) is 0 Å². The number of halogens is 1. The number of imidazole rings is 1. The fourth-order valence-corrected chi connectivity index (χ4v) is 4.92. The van der Waals surface area contributed by atoms with Crippen LogP contribution in [0.15, 0.2) is 41.1 Å². The van der Waals surface area contributed by atoms with Gasteiger partial charge in [-0.15, -0.1) is 0 Å². The van der Waals surface area contributed by atoms with Gasteiger partial charge in [0, 0.05) is 50.3 Å². The van der Waals surface area contributed by atoms with E-state index in [-0.39, 0.29) is 11.9 Å². The molecule has 0 aliphatic carbocycles. The molecule has 0 unspecified atom stereocenters. The number of likely N-dealkylation sites (tertiary alicyclic amines) is 1. The summed E-state index contributed by atoms with van der Waals surface area (Å²) in [6.07, 6.45) is 4.61. The summed E-state index contributed by atoms with van der Waals surface area (Å²) >= 11 is 3.46. The number of carbonyl (C=O) groups excluding carboxylic acids is 1. The van der Waals surface area contributed by atoms with Gasteiger partial charge in [0.25, 0.3) is 5.91 Å². The highest BCUT2D eigenvalue weighted by Crippen LogP contribution is 2.26. The highest BCUT2D eigenvalue weighted by Gasteiger charge is 2.36. The van der Waals surface area contributed by atoms with E-state index in [9.17, 15) is 9.90 Å². The van der Waals surface area contributed by atoms with Gasteiger partial charge in [0.2, 0.25) is 5.78 Å². The summed E-state index contributed by atoms with van der Waals surface area (Å²) in [6.45, 7) is 4.69. The third kappa shape index (κ3) is 3.42. The van der Waals surface area contributed by atoms with E-state index in [0.29, 0.717) is 24.6 Å². The van der Waals surface area contributed by atoms with Crippen LogP contribution in [0.1, 0.15) is 33.7 Å². The van der Waals surface area contributed by atoms with Crippen molar-refractivity contribution in [1.29, 1.82) is 0 Å². The molecule has 1 amide bonds. The molecule has 0 saturated carbocycles. The Morgan fingerprint density at radius 1 is 1.23 bits per heavy atom. The summed E-state index contributed by atoms with van der Waals surface area (Å²) < 4.78 is 2.68. The van der Waals surface area contributed by atoms with Gasteiger partial charge >= 0.3 is 0 Å². The number of rotatable bonds is 2. The minimum absolute atomic E-state index is 0.0725. The Morgan fingerprint density at radius 3 is 2.83 bits per heavy atom. The molecule has 0 bridgehead atoms. The maximum atomic E-state index is 13.0. The second-order valence-corrected chi connectivity index (χ2v) is 9.01. The van der Waals surface area contributed by atoms with Gasteiger partial charge in [0.1, 0.15) is 5.69 Å². The predicted octanol–water partition coefficient (Wildman–Crippen LogP) is 2.43. The van der Waals surface area contributed by atoms with E-state index in [1.807, 2.05) is 11.3 Å². The van der Waals surface area contributed by atoms with Crippen LogP contribution in [-0.4, -0.2) is 67.0 Å². The van der Waals surface area contributed by atoms with Crippen molar-refractivity contribution in [3.63, 3.8) is 0 Å². The molecule has 3 aromatic rings. The number of piperidine rings is 1. The van der Waals surface area contributed by atoms with Crippen molar-refractivity contribution in [2.45, 2.75) is 38.5 Å². The van der Waals surface area contributed by atoms with Crippen molar-refractivity contribution >= 4 is 27.6 Å². The third-order valence-electron chi connectivity index (χ3n) is 6.37. The number of amides is 1. The van der Waals surface area contributed by atoms with E-state index >= 15 is 0 Å². The minimum Gasteiger partial charge on any atom is -0.390 e. The second kappa shape index (κ2) is 7.76. The fourth-order valence-electron chi connectivity index (χ4n) is 4.63. The number of hydrogen-bond donors (Lipinski definition) is 1. The third-order valence-corrected chi connectivity index (χ3v) is 7.15. The summed E-state index contributed by atoms with van der Waals surface area (Å²) in [7, 11) is 0. The normalized spacial score (nSPS) is 22.3. The van der Waals surface area contributed by atoms with Crippen LogP contribution in [0, 0.1) is 6.92 Å². The molecule has 0 radical (unpaired) electrons. The Labute approximate surface area is 183 Å². The van der Waals surface area contributed by atoms with Crippen molar-refractivity contribution < 1.29 is 9.90 Å². The highest BCUT2D eigenvalue weighted by atomic mass is 79.9. The molecule has 2 atom stereocenters. The van der Waals surface area contributed by atoms with Crippen LogP contribution in [0.25, 0.3) is 5.78 Å². The lowest BCUT2D eigenvalue weighted by Gasteiger charge is -2.43. The highest BCUT2D eigenvalue weighted by molar-refractivity contribution is 9.10. The molecule has 1 fully saturated rings. The summed E-state index contributed by atoms with van der Waals surface area (Å²) in [6, 6.07) is 8.59. The monoisotopic (exact) mass is 469 g/mol. The maximum Gasteiger partial charge on any atom is 0.274 e. The molecule has 4 heterocycles. The van der Waals surface area contributed by atoms with Crippen molar-refractivity contribution in [2.24, 2.45) is 0 Å². The van der Waals surface area contributed by atoms with Crippen LogP contribution < -0.4 is 0 Å². The Morgan fingerprint density at radius 2 is 2.03 bits per heavy atom. The summed E-state index contributed by atoms with van der Waals surface area (Å²) in [4.78, 5) is 25.8. The average Bonchev–Trinajstić information content (AvgIpc) is 3.20. The molecule has 0 spiro atoms. The number of aryl methyl sites for hydroxylation is 1.